The van der Waals surface area contributed by atoms with Crippen molar-refractivity contribution < 1.29 is 5.11 Å². The first-order chi connectivity index (χ1) is 7.98. The Balaban J connectivity index is 2.49. The second-order valence-corrected chi connectivity index (χ2v) is 6.35. The number of likely N-dealkylation sites (tertiary alicyclic amines) is 1. The molecule has 102 valence electrons. The van der Waals surface area contributed by atoms with Crippen molar-refractivity contribution in [1.29, 1.82) is 0 Å². The van der Waals surface area contributed by atoms with E-state index in [1.165, 1.54) is 32.1 Å². The van der Waals surface area contributed by atoms with E-state index in [0.717, 1.165) is 19.5 Å². The third-order valence-electron chi connectivity index (χ3n) is 4.39. The van der Waals surface area contributed by atoms with Crippen molar-refractivity contribution in [2.24, 2.45) is 5.92 Å². The molecule has 2 nitrogen and oxygen atoms in total. The van der Waals surface area contributed by atoms with Gasteiger partial charge in [-0.25, -0.2) is 0 Å². The highest BCUT2D eigenvalue weighted by atomic mass is 16.3. The van der Waals surface area contributed by atoms with E-state index in [4.69, 9.17) is 0 Å². The van der Waals surface area contributed by atoms with Crippen LogP contribution in [0, 0.1) is 5.92 Å². The van der Waals surface area contributed by atoms with Crippen molar-refractivity contribution in [3.8, 4) is 0 Å². The minimum atomic E-state index is -0.192. The Morgan fingerprint density at radius 2 is 1.76 bits per heavy atom. The van der Waals surface area contributed by atoms with E-state index in [1.807, 2.05) is 0 Å². The molecule has 2 atom stereocenters. The summed E-state index contributed by atoms with van der Waals surface area (Å²) in [7, 11) is 0. The molecule has 1 heterocycles. The number of rotatable bonds is 6. The van der Waals surface area contributed by atoms with Crippen molar-refractivity contribution >= 4 is 0 Å². The summed E-state index contributed by atoms with van der Waals surface area (Å²) in [6, 6.07) is 0. The van der Waals surface area contributed by atoms with Gasteiger partial charge in [0.1, 0.15) is 0 Å². The number of piperidine rings is 1. The van der Waals surface area contributed by atoms with Crippen LogP contribution in [0.25, 0.3) is 0 Å². The van der Waals surface area contributed by atoms with Crippen LogP contribution in [0.3, 0.4) is 0 Å². The first-order valence-electron chi connectivity index (χ1n) is 7.41. The molecule has 0 aromatic carbocycles. The van der Waals surface area contributed by atoms with Crippen LogP contribution in [0.1, 0.15) is 66.2 Å². The lowest BCUT2D eigenvalue weighted by atomic mass is 9.85. The van der Waals surface area contributed by atoms with Crippen LogP contribution in [0.2, 0.25) is 0 Å². The van der Waals surface area contributed by atoms with E-state index in [2.05, 4.69) is 32.6 Å². The van der Waals surface area contributed by atoms with Gasteiger partial charge in [-0.3, -0.25) is 4.90 Å². The molecular formula is C15H31NO. The van der Waals surface area contributed by atoms with Gasteiger partial charge in [0.05, 0.1) is 6.10 Å². The molecule has 0 spiro atoms. The Morgan fingerprint density at radius 3 is 2.29 bits per heavy atom. The molecular weight excluding hydrogens is 210 g/mol. The molecule has 1 fully saturated rings. The Morgan fingerprint density at radius 1 is 1.18 bits per heavy atom. The van der Waals surface area contributed by atoms with Crippen molar-refractivity contribution in [3.63, 3.8) is 0 Å². The number of nitrogens with zero attached hydrogens (tertiary/aromatic N) is 1. The van der Waals surface area contributed by atoms with Crippen LogP contribution in [-0.4, -0.2) is 34.7 Å². The third-order valence-corrected chi connectivity index (χ3v) is 4.39. The number of hydrogen-bond acceptors (Lipinski definition) is 2. The van der Waals surface area contributed by atoms with E-state index in [9.17, 15) is 5.11 Å². The van der Waals surface area contributed by atoms with E-state index < -0.39 is 0 Å². The minimum Gasteiger partial charge on any atom is -0.391 e. The predicted molar refractivity (Wildman–Crippen MR) is 74.2 cm³/mol. The molecule has 0 radical (unpaired) electrons. The summed E-state index contributed by atoms with van der Waals surface area (Å²) in [5.41, 5.74) is -0.0532. The molecule has 1 N–H and O–H groups in total. The Kier molecular flexibility index (Phi) is 5.94. The zero-order valence-corrected chi connectivity index (χ0v) is 12.2. The quantitative estimate of drug-likeness (QED) is 0.770. The molecule has 0 aromatic rings. The van der Waals surface area contributed by atoms with Crippen molar-refractivity contribution in [1.82, 2.24) is 4.90 Å². The Bertz CT molecular complexity index is 209. The van der Waals surface area contributed by atoms with Crippen molar-refractivity contribution in [2.45, 2.75) is 77.9 Å². The minimum absolute atomic E-state index is 0.0532. The van der Waals surface area contributed by atoms with Gasteiger partial charge in [-0.05, 0) is 52.1 Å². The fourth-order valence-electron chi connectivity index (χ4n) is 2.96. The maximum Gasteiger partial charge on any atom is 0.0721 e. The van der Waals surface area contributed by atoms with Gasteiger partial charge in [-0.1, -0.05) is 33.1 Å². The molecule has 0 saturated carbocycles. The maximum atomic E-state index is 10.5. The van der Waals surface area contributed by atoms with E-state index in [0.29, 0.717) is 5.92 Å². The largest absolute Gasteiger partial charge is 0.391 e. The third kappa shape index (κ3) is 4.26. The van der Waals surface area contributed by atoms with Crippen LogP contribution in [0.4, 0.5) is 0 Å². The van der Waals surface area contributed by atoms with E-state index in [1.54, 1.807) is 0 Å². The fraction of sp³-hybridized carbons (Fsp3) is 1.00. The molecule has 2 unspecified atom stereocenters. The van der Waals surface area contributed by atoms with Crippen LogP contribution in [0.5, 0.6) is 0 Å². The molecule has 0 amide bonds. The maximum absolute atomic E-state index is 10.5. The Hall–Kier alpha value is -0.0800. The van der Waals surface area contributed by atoms with E-state index in [-0.39, 0.29) is 11.6 Å². The molecule has 0 aromatic heterocycles. The monoisotopic (exact) mass is 241 g/mol. The lowest BCUT2D eigenvalue weighted by Crippen LogP contribution is -2.54. The van der Waals surface area contributed by atoms with Crippen molar-refractivity contribution in [2.75, 3.05) is 13.1 Å². The summed E-state index contributed by atoms with van der Waals surface area (Å²) in [5.74, 6) is 0.638. The van der Waals surface area contributed by atoms with Crippen LogP contribution in [0.15, 0.2) is 0 Å². The SMILES string of the molecule is CCCC(C)CC(O)C(C)(C)N1CCCCC1. The number of aliphatic hydroxyl groups excluding tert-OH is 1. The van der Waals surface area contributed by atoms with E-state index >= 15 is 0 Å². The van der Waals surface area contributed by atoms with Gasteiger partial charge in [0, 0.05) is 5.54 Å². The summed E-state index contributed by atoms with van der Waals surface area (Å²) >= 11 is 0. The van der Waals surface area contributed by atoms with Gasteiger partial charge in [-0.2, -0.15) is 0 Å². The highest BCUT2D eigenvalue weighted by Crippen LogP contribution is 2.28. The summed E-state index contributed by atoms with van der Waals surface area (Å²) < 4.78 is 0. The van der Waals surface area contributed by atoms with Gasteiger partial charge >= 0.3 is 0 Å². The smallest absolute Gasteiger partial charge is 0.0721 e. The fourth-order valence-corrected chi connectivity index (χ4v) is 2.96. The lowest BCUT2D eigenvalue weighted by Gasteiger charge is -2.44. The lowest BCUT2D eigenvalue weighted by molar-refractivity contribution is -0.0300. The standard InChI is InChI=1S/C15H31NO/c1-5-9-13(2)12-14(17)15(3,4)16-10-7-6-8-11-16/h13-14,17H,5-12H2,1-4H3. The second kappa shape index (κ2) is 6.75. The molecule has 1 saturated heterocycles. The van der Waals surface area contributed by atoms with Gasteiger partial charge in [-0.15, -0.1) is 0 Å². The van der Waals surface area contributed by atoms with Crippen LogP contribution in [-0.2, 0) is 0 Å². The molecule has 17 heavy (non-hydrogen) atoms. The zero-order valence-electron chi connectivity index (χ0n) is 12.2. The highest BCUT2D eigenvalue weighted by Gasteiger charge is 2.35. The summed E-state index contributed by atoms with van der Waals surface area (Å²) in [5, 5.41) is 10.5. The zero-order chi connectivity index (χ0) is 12.9. The first kappa shape index (κ1) is 15.0. The van der Waals surface area contributed by atoms with Gasteiger partial charge in [0.15, 0.2) is 0 Å². The summed E-state index contributed by atoms with van der Waals surface area (Å²) in [6.07, 6.45) is 7.14. The summed E-state index contributed by atoms with van der Waals surface area (Å²) in [4.78, 5) is 2.49. The molecule has 1 rings (SSSR count). The molecule has 1 aliphatic heterocycles. The van der Waals surface area contributed by atoms with Crippen LogP contribution >= 0.6 is 0 Å². The van der Waals surface area contributed by atoms with Gasteiger partial charge < -0.3 is 5.11 Å². The number of aliphatic hydroxyl groups is 1. The Labute approximate surface area is 107 Å². The average molecular weight is 241 g/mol. The van der Waals surface area contributed by atoms with Crippen LogP contribution < -0.4 is 0 Å². The number of hydrogen-bond donors (Lipinski definition) is 1. The predicted octanol–water partition coefficient (Wildman–Crippen LogP) is 3.44. The topological polar surface area (TPSA) is 23.5 Å². The second-order valence-electron chi connectivity index (χ2n) is 6.35. The van der Waals surface area contributed by atoms with Crippen molar-refractivity contribution in [3.05, 3.63) is 0 Å². The molecule has 2 heteroatoms. The normalized spacial score (nSPS) is 22.4. The van der Waals surface area contributed by atoms with Gasteiger partial charge in [0.25, 0.3) is 0 Å². The molecule has 0 bridgehead atoms. The molecule has 0 aliphatic carbocycles. The summed E-state index contributed by atoms with van der Waals surface area (Å²) in [6.45, 7) is 11.2. The highest BCUT2D eigenvalue weighted by molar-refractivity contribution is 4.90. The first-order valence-corrected chi connectivity index (χ1v) is 7.41. The molecule has 1 aliphatic rings. The van der Waals surface area contributed by atoms with Gasteiger partial charge in [0.2, 0.25) is 0 Å². The average Bonchev–Trinajstić information content (AvgIpc) is 2.30.